The van der Waals surface area contributed by atoms with Crippen LogP contribution in [0, 0.1) is 5.92 Å². The molecule has 0 saturated heterocycles. The monoisotopic (exact) mass is 526 g/mol. The first-order valence-electron chi connectivity index (χ1n) is 12.2. The zero-order chi connectivity index (χ0) is 28.2. The molecule has 2 rings (SSSR count). The van der Waals surface area contributed by atoms with E-state index < -0.39 is 60.2 Å². The number of benzene rings is 2. The van der Waals surface area contributed by atoms with E-state index in [4.69, 9.17) is 10.8 Å². The van der Waals surface area contributed by atoms with E-state index in [0.29, 0.717) is 5.56 Å². The van der Waals surface area contributed by atoms with Gasteiger partial charge in [0, 0.05) is 6.42 Å². The molecule has 0 heterocycles. The van der Waals surface area contributed by atoms with Gasteiger partial charge in [-0.2, -0.15) is 0 Å². The molecule has 4 unspecified atom stereocenters. The fraction of sp³-hybridized carbons (Fsp3) is 0.370. The molecule has 11 nitrogen and oxygen atoms in total. The van der Waals surface area contributed by atoms with Gasteiger partial charge in [0.15, 0.2) is 0 Å². The van der Waals surface area contributed by atoms with E-state index in [-0.39, 0.29) is 18.8 Å². The summed E-state index contributed by atoms with van der Waals surface area (Å²) in [4.78, 5) is 61.5. The molecule has 0 aliphatic carbocycles. The molecule has 0 spiro atoms. The van der Waals surface area contributed by atoms with E-state index in [1.807, 2.05) is 30.3 Å². The summed E-state index contributed by atoms with van der Waals surface area (Å²) in [5, 5.41) is 25.7. The van der Waals surface area contributed by atoms with Gasteiger partial charge in [-0.15, -0.1) is 0 Å². The SMILES string of the molecule is CC(C)C(NC(=O)C(N)Cc1ccccc1)C(=O)NC(Cc1ccccc1)C(=O)NC(CC(=O)O)C(=O)O. The van der Waals surface area contributed by atoms with E-state index in [1.54, 1.807) is 44.2 Å². The van der Waals surface area contributed by atoms with Gasteiger partial charge in [-0.25, -0.2) is 4.79 Å². The Kier molecular flexibility index (Phi) is 11.4. The Bertz CT molecular complexity index is 1110. The molecule has 0 bridgehead atoms. The fourth-order valence-corrected chi connectivity index (χ4v) is 3.72. The van der Waals surface area contributed by atoms with Crippen LogP contribution in [-0.2, 0) is 36.8 Å². The van der Waals surface area contributed by atoms with Crippen molar-refractivity contribution >= 4 is 29.7 Å². The first kappa shape index (κ1) is 30.0. The normalized spacial score (nSPS) is 14.0. The summed E-state index contributed by atoms with van der Waals surface area (Å²) < 4.78 is 0. The second kappa shape index (κ2) is 14.5. The Hall–Kier alpha value is -4.25. The maximum absolute atomic E-state index is 13.2. The molecule has 38 heavy (non-hydrogen) atoms. The Balaban J connectivity index is 2.18. The third-order valence-electron chi connectivity index (χ3n) is 5.79. The Labute approximate surface area is 220 Å². The molecule has 7 N–H and O–H groups in total. The summed E-state index contributed by atoms with van der Waals surface area (Å²) in [6.45, 7) is 3.43. The number of hydrogen-bond donors (Lipinski definition) is 6. The third kappa shape index (κ3) is 9.66. The van der Waals surface area contributed by atoms with Gasteiger partial charge in [0.25, 0.3) is 0 Å². The van der Waals surface area contributed by atoms with Crippen LogP contribution in [0.1, 0.15) is 31.4 Å². The van der Waals surface area contributed by atoms with Crippen molar-refractivity contribution in [3.05, 3.63) is 71.8 Å². The fourth-order valence-electron chi connectivity index (χ4n) is 3.72. The summed E-state index contributed by atoms with van der Waals surface area (Å²) >= 11 is 0. The van der Waals surface area contributed by atoms with E-state index in [9.17, 15) is 29.1 Å². The highest BCUT2D eigenvalue weighted by Crippen LogP contribution is 2.09. The van der Waals surface area contributed by atoms with Crippen molar-refractivity contribution in [1.29, 1.82) is 0 Å². The summed E-state index contributed by atoms with van der Waals surface area (Å²) in [7, 11) is 0. The van der Waals surface area contributed by atoms with E-state index in [1.165, 1.54) is 0 Å². The van der Waals surface area contributed by atoms with Crippen LogP contribution in [-0.4, -0.2) is 64.0 Å². The molecule has 4 atom stereocenters. The lowest BCUT2D eigenvalue weighted by Crippen LogP contribution is -2.59. The molecule has 0 saturated carbocycles. The molecule has 0 radical (unpaired) electrons. The molecule has 2 aromatic rings. The number of amides is 3. The minimum absolute atomic E-state index is 0.00407. The van der Waals surface area contributed by atoms with E-state index in [2.05, 4.69) is 16.0 Å². The van der Waals surface area contributed by atoms with Crippen LogP contribution in [0.2, 0.25) is 0 Å². The van der Waals surface area contributed by atoms with Crippen molar-refractivity contribution in [3.63, 3.8) is 0 Å². The number of carboxylic acids is 2. The highest BCUT2D eigenvalue weighted by Gasteiger charge is 2.32. The Morgan fingerprint density at radius 3 is 1.68 bits per heavy atom. The summed E-state index contributed by atoms with van der Waals surface area (Å²) in [5.41, 5.74) is 7.59. The average molecular weight is 527 g/mol. The van der Waals surface area contributed by atoms with Gasteiger partial charge >= 0.3 is 11.9 Å². The zero-order valence-corrected chi connectivity index (χ0v) is 21.3. The number of aliphatic carboxylic acids is 2. The van der Waals surface area contributed by atoms with Gasteiger partial charge in [-0.05, 0) is 23.5 Å². The lowest BCUT2D eigenvalue weighted by Gasteiger charge is -2.27. The minimum Gasteiger partial charge on any atom is -0.481 e. The molecule has 0 aliphatic rings. The molecule has 3 amide bonds. The molecular formula is C27H34N4O7. The lowest BCUT2D eigenvalue weighted by atomic mass is 9.99. The highest BCUT2D eigenvalue weighted by molar-refractivity contribution is 5.95. The second-order valence-electron chi connectivity index (χ2n) is 9.27. The van der Waals surface area contributed by atoms with Gasteiger partial charge < -0.3 is 31.9 Å². The van der Waals surface area contributed by atoms with Crippen molar-refractivity contribution < 1.29 is 34.2 Å². The Morgan fingerprint density at radius 2 is 1.21 bits per heavy atom. The number of carboxylic acid groups (broad SMARTS) is 2. The molecule has 0 fully saturated rings. The molecular weight excluding hydrogens is 492 g/mol. The van der Waals surface area contributed by atoms with Gasteiger partial charge in [0.1, 0.15) is 18.1 Å². The minimum atomic E-state index is -1.69. The topological polar surface area (TPSA) is 188 Å². The quantitative estimate of drug-likeness (QED) is 0.205. The van der Waals surface area contributed by atoms with Crippen LogP contribution in [0.4, 0.5) is 0 Å². The number of carbonyl (C=O) groups is 5. The number of hydrogen-bond acceptors (Lipinski definition) is 6. The molecule has 0 aliphatic heterocycles. The van der Waals surface area contributed by atoms with Crippen molar-refractivity contribution in [2.24, 2.45) is 11.7 Å². The molecule has 2 aromatic carbocycles. The molecule has 0 aromatic heterocycles. The number of rotatable bonds is 14. The van der Waals surface area contributed by atoms with Crippen molar-refractivity contribution in [1.82, 2.24) is 16.0 Å². The average Bonchev–Trinajstić information content (AvgIpc) is 2.86. The standard InChI is InChI=1S/C27H34N4O7/c1-16(2)23(31-24(34)19(28)13-17-9-5-3-6-10-17)26(36)29-20(14-18-11-7-4-8-12-18)25(35)30-21(27(37)38)15-22(32)33/h3-12,16,19-21,23H,13-15,28H2,1-2H3,(H,29,36)(H,30,35)(H,31,34)(H,32,33)(H,37,38). The highest BCUT2D eigenvalue weighted by atomic mass is 16.4. The van der Waals surface area contributed by atoms with Gasteiger partial charge in [0.2, 0.25) is 17.7 Å². The third-order valence-corrected chi connectivity index (χ3v) is 5.79. The predicted octanol–water partition coefficient (Wildman–Crippen LogP) is 0.469. The van der Waals surface area contributed by atoms with Crippen molar-refractivity contribution in [3.8, 4) is 0 Å². The maximum Gasteiger partial charge on any atom is 0.326 e. The number of nitrogens with two attached hydrogens (primary N) is 1. The van der Waals surface area contributed by atoms with E-state index in [0.717, 1.165) is 5.56 Å². The van der Waals surface area contributed by atoms with E-state index >= 15 is 0 Å². The second-order valence-corrected chi connectivity index (χ2v) is 9.27. The smallest absolute Gasteiger partial charge is 0.326 e. The maximum atomic E-state index is 13.2. The summed E-state index contributed by atoms with van der Waals surface area (Å²) in [6, 6.07) is 13.0. The van der Waals surface area contributed by atoms with Crippen LogP contribution in [0.25, 0.3) is 0 Å². The first-order chi connectivity index (χ1) is 18.0. The molecule has 204 valence electrons. The summed E-state index contributed by atoms with van der Waals surface area (Å²) in [5.74, 6) is -5.38. The van der Waals surface area contributed by atoms with Crippen molar-refractivity contribution in [2.45, 2.75) is 57.3 Å². The molecule has 11 heteroatoms. The lowest BCUT2D eigenvalue weighted by molar-refractivity contribution is -0.147. The largest absolute Gasteiger partial charge is 0.481 e. The van der Waals surface area contributed by atoms with Crippen LogP contribution in [0.15, 0.2) is 60.7 Å². The van der Waals surface area contributed by atoms with Crippen LogP contribution < -0.4 is 21.7 Å². The van der Waals surface area contributed by atoms with Crippen LogP contribution >= 0.6 is 0 Å². The zero-order valence-electron chi connectivity index (χ0n) is 21.3. The van der Waals surface area contributed by atoms with Gasteiger partial charge in [-0.3, -0.25) is 19.2 Å². The number of nitrogens with one attached hydrogen (secondary N) is 3. The predicted molar refractivity (Wildman–Crippen MR) is 139 cm³/mol. The van der Waals surface area contributed by atoms with Crippen LogP contribution in [0.5, 0.6) is 0 Å². The van der Waals surface area contributed by atoms with Crippen LogP contribution in [0.3, 0.4) is 0 Å². The summed E-state index contributed by atoms with van der Waals surface area (Å²) in [6.07, 6.45) is -0.570. The van der Waals surface area contributed by atoms with Gasteiger partial charge in [0.05, 0.1) is 12.5 Å². The van der Waals surface area contributed by atoms with Gasteiger partial charge in [-0.1, -0.05) is 74.5 Å². The number of carbonyl (C=O) groups excluding carboxylic acids is 3. The first-order valence-corrected chi connectivity index (χ1v) is 12.2. The van der Waals surface area contributed by atoms with Crippen molar-refractivity contribution in [2.75, 3.05) is 0 Å². The Morgan fingerprint density at radius 1 is 0.711 bits per heavy atom.